The molecule has 1 aliphatic rings. The summed E-state index contributed by atoms with van der Waals surface area (Å²) in [5, 5.41) is 6.01. The zero-order valence-electron chi connectivity index (χ0n) is 16.1. The number of nitrogens with one attached hydrogen (secondary N) is 2. The largest absolute Gasteiger partial charge is 0.492 e. The Morgan fingerprint density at radius 3 is 2.40 bits per heavy atom. The minimum Gasteiger partial charge on any atom is -0.400 e. The normalized spacial score (nSPS) is 19.1. The van der Waals surface area contributed by atoms with Crippen LogP contribution in [0, 0.1) is 0 Å². The van der Waals surface area contributed by atoms with E-state index < -0.39 is 18.3 Å². The van der Waals surface area contributed by atoms with Gasteiger partial charge in [-0.2, -0.15) is 0 Å². The van der Waals surface area contributed by atoms with Gasteiger partial charge in [-0.3, -0.25) is 4.79 Å². The molecule has 0 aliphatic carbocycles. The first-order valence-corrected chi connectivity index (χ1v) is 8.69. The highest BCUT2D eigenvalue weighted by Gasteiger charge is 2.52. The molecule has 1 aromatic rings. The number of carbonyl (C=O) groups is 1. The number of hydrogen-bond donors (Lipinski definition) is 2. The fourth-order valence-electron chi connectivity index (χ4n) is 2.63. The lowest BCUT2D eigenvalue weighted by atomic mass is 9.77. The first kappa shape index (κ1) is 19.7. The van der Waals surface area contributed by atoms with Gasteiger partial charge in [-0.1, -0.05) is 30.3 Å². The third kappa shape index (κ3) is 4.94. The summed E-state index contributed by atoms with van der Waals surface area (Å²) < 4.78 is 12.3. The molecule has 1 aliphatic heterocycles. The van der Waals surface area contributed by atoms with Gasteiger partial charge in [0, 0.05) is 20.0 Å². The number of benzene rings is 1. The second kappa shape index (κ2) is 7.73. The predicted octanol–water partition coefficient (Wildman–Crippen LogP) is 2.56. The smallest absolute Gasteiger partial charge is 0.400 e. The molecule has 0 spiro atoms. The SMILES string of the molecule is CNCc1cccc(C=C(CNC(C)=O)B2OC(C)(C)C(C)(C)O2)c1. The van der Waals surface area contributed by atoms with E-state index in [0.717, 1.165) is 17.6 Å². The van der Waals surface area contributed by atoms with Crippen molar-refractivity contribution in [3.8, 4) is 0 Å². The molecule has 1 fully saturated rings. The highest BCUT2D eigenvalue weighted by atomic mass is 16.7. The summed E-state index contributed by atoms with van der Waals surface area (Å²) in [6, 6.07) is 8.27. The van der Waals surface area contributed by atoms with E-state index in [0.29, 0.717) is 6.54 Å². The fourth-order valence-corrected chi connectivity index (χ4v) is 2.63. The number of carbonyl (C=O) groups excluding carboxylic acids is 1. The van der Waals surface area contributed by atoms with Gasteiger partial charge in [-0.05, 0) is 51.3 Å². The van der Waals surface area contributed by atoms with Crippen LogP contribution < -0.4 is 10.6 Å². The Labute approximate surface area is 151 Å². The molecule has 1 aromatic carbocycles. The van der Waals surface area contributed by atoms with Crippen LogP contribution >= 0.6 is 0 Å². The zero-order valence-corrected chi connectivity index (χ0v) is 16.1. The highest BCUT2D eigenvalue weighted by molar-refractivity contribution is 6.56. The summed E-state index contributed by atoms with van der Waals surface area (Å²) >= 11 is 0. The molecule has 136 valence electrons. The molecular formula is C19H29BN2O3. The van der Waals surface area contributed by atoms with Gasteiger partial charge in [0.15, 0.2) is 0 Å². The van der Waals surface area contributed by atoms with Gasteiger partial charge in [0.1, 0.15) is 0 Å². The van der Waals surface area contributed by atoms with Crippen LogP contribution in [0.4, 0.5) is 0 Å². The third-order valence-corrected chi connectivity index (χ3v) is 4.78. The summed E-state index contributed by atoms with van der Waals surface area (Å²) in [7, 11) is 1.44. The van der Waals surface area contributed by atoms with Crippen LogP contribution in [0.25, 0.3) is 6.08 Å². The first-order valence-electron chi connectivity index (χ1n) is 8.69. The minimum atomic E-state index is -0.482. The van der Waals surface area contributed by atoms with Crippen molar-refractivity contribution in [1.82, 2.24) is 10.6 Å². The van der Waals surface area contributed by atoms with Gasteiger partial charge in [0.2, 0.25) is 5.91 Å². The topological polar surface area (TPSA) is 59.6 Å². The Bertz CT molecular complexity index is 640. The van der Waals surface area contributed by atoms with E-state index in [1.54, 1.807) is 0 Å². The lowest BCUT2D eigenvalue weighted by Crippen LogP contribution is -2.41. The predicted molar refractivity (Wildman–Crippen MR) is 102 cm³/mol. The van der Waals surface area contributed by atoms with Crippen LogP contribution in [0.2, 0.25) is 0 Å². The molecular weight excluding hydrogens is 315 g/mol. The van der Waals surface area contributed by atoms with E-state index in [1.165, 1.54) is 12.5 Å². The molecule has 1 heterocycles. The molecule has 2 N–H and O–H groups in total. The second-order valence-electron chi connectivity index (χ2n) is 7.49. The Morgan fingerprint density at radius 2 is 1.84 bits per heavy atom. The van der Waals surface area contributed by atoms with E-state index in [2.05, 4.69) is 22.8 Å². The van der Waals surface area contributed by atoms with E-state index in [-0.39, 0.29) is 5.91 Å². The molecule has 0 radical (unpaired) electrons. The lowest BCUT2D eigenvalue weighted by Gasteiger charge is -2.32. The van der Waals surface area contributed by atoms with Crippen molar-refractivity contribution >= 4 is 19.1 Å². The maximum Gasteiger partial charge on any atom is 0.492 e. The van der Waals surface area contributed by atoms with E-state index in [9.17, 15) is 4.79 Å². The molecule has 2 rings (SSSR count). The van der Waals surface area contributed by atoms with Crippen LogP contribution in [-0.2, 0) is 20.6 Å². The Hall–Kier alpha value is -1.63. The average molecular weight is 344 g/mol. The van der Waals surface area contributed by atoms with E-state index >= 15 is 0 Å². The van der Waals surface area contributed by atoms with Gasteiger partial charge >= 0.3 is 7.12 Å². The number of hydrogen-bond acceptors (Lipinski definition) is 4. The van der Waals surface area contributed by atoms with Crippen molar-refractivity contribution < 1.29 is 14.1 Å². The van der Waals surface area contributed by atoms with Crippen LogP contribution in [-0.4, -0.2) is 37.8 Å². The highest BCUT2D eigenvalue weighted by Crippen LogP contribution is 2.38. The lowest BCUT2D eigenvalue weighted by molar-refractivity contribution is -0.118. The van der Waals surface area contributed by atoms with Crippen LogP contribution in [0.1, 0.15) is 45.7 Å². The standard InChI is InChI=1S/C19H29BN2O3/c1-14(23)22-13-17(20-24-18(2,3)19(4,5)25-20)11-15-8-7-9-16(10-15)12-21-6/h7-11,21H,12-13H2,1-6H3,(H,22,23). The zero-order chi connectivity index (χ0) is 18.7. The molecule has 5 nitrogen and oxygen atoms in total. The van der Waals surface area contributed by atoms with Crippen molar-refractivity contribution in [2.75, 3.05) is 13.6 Å². The Balaban J connectivity index is 2.30. The van der Waals surface area contributed by atoms with Gasteiger partial charge in [-0.15, -0.1) is 0 Å². The summed E-state index contributed by atoms with van der Waals surface area (Å²) in [6.07, 6.45) is 2.04. The van der Waals surface area contributed by atoms with Crippen LogP contribution in [0.3, 0.4) is 0 Å². The van der Waals surface area contributed by atoms with Gasteiger partial charge in [0.05, 0.1) is 11.2 Å². The average Bonchev–Trinajstić information content (AvgIpc) is 2.72. The van der Waals surface area contributed by atoms with Crippen LogP contribution in [0.15, 0.2) is 29.7 Å². The van der Waals surface area contributed by atoms with E-state index in [1.807, 2.05) is 53.0 Å². The molecule has 6 heteroatoms. The molecule has 1 amide bonds. The minimum absolute atomic E-state index is 0.0775. The summed E-state index contributed by atoms with van der Waals surface area (Å²) in [4.78, 5) is 11.4. The Morgan fingerprint density at radius 1 is 1.20 bits per heavy atom. The molecule has 0 unspecified atom stereocenters. The second-order valence-corrected chi connectivity index (χ2v) is 7.49. The van der Waals surface area contributed by atoms with Gasteiger partial charge in [-0.25, -0.2) is 0 Å². The van der Waals surface area contributed by atoms with Gasteiger partial charge < -0.3 is 19.9 Å². The molecule has 0 bridgehead atoms. The maximum atomic E-state index is 11.4. The van der Waals surface area contributed by atoms with Gasteiger partial charge in [0.25, 0.3) is 0 Å². The van der Waals surface area contributed by atoms with Crippen LogP contribution in [0.5, 0.6) is 0 Å². The third-order valence-electron chi connectivity index (χ3n) is 4.78. The first-order chi connectivity index (χ1) is 11.6. The Kier molecular flexibility index (Phi) is 6.09. The van der Waals surface area contributed by atoms with Crippen molar-refractivity contribution in [3.05, 3.63) is 40.9 Å². The molecule has 1 saturated heterocycles. The molecule has 0 saturated carbocycles. The molecule has 0 atom stereocenters. The quantitative estimate of drug-likeness (QED) is 0.779. The van der Waals surface area contributed by atoms with Crippen molar-refractivity contribution in [3.63, 3.8) is 0 Å². The number of rotatable bonds is 6. The monoisotopic (exact) mass is 344 g/mol. The van der Waals surface area contributed by atoms with Crippen molar-refractivity contribution in [1.29, 1.82) is 0 Å². The molecule has 0 aromatic heterocycles. The summed E-state index contributed by atoms with van der Waals surface area (Å²) in [5.74, 6) is -0.0775. The maximum absolute atomic E-state index is 11.4. The van der Waals surface area contributed by atoms with Crippen molar-refractivity contribution in [2.24, 2.45) is 0 Å². The molecule has 25 heavy (non-hydrogen) atoms. The summed E-state index contributed by atoms with van der Waals surface area (Å²) in [6.45, 7) is 10.8. The van der Waals surface area contributed by atoms with E-state index in [4.69, 9.17) is 9.31 Å². The fraction of sp³-hybridized carbons (Fsp3) is 0.526. The number of amides is 1. The van der Waals surface area contributed by atoms with Crippen molar-refractivity contribution in [2.45, 2.75) is 52.4 Å². The summed E-state index contributed by atoms with van der Waals surface area (Å²) in [5.41, 5.74) is 2.32.